The maximum absolute atomic E-state index is 13.2. The molecule has 0 amide bonds. The quantitative estimate of drug-likeness (QED) is 0.758. The van der Waals surface area contributed by atoms with E-state index in [1.165, 1.54) is 17.7 Å². The summed E-state index contributed by atoms with van der Waals surface area (Å²) in [5.41, 5.74) is 1.24. The molecule has 17 heavy (non-hydrogen) atoms. The van der Waals surface area contributed by atoms with E-state index in [4.69, 9.17) is 16.3 Å². The Morgan fingerprint density at radius 2 is 1.71 bits per heavy atom. The predicted octanol–water partition coefficient (Wildman–Crippen LogP) is 4.83. The topological polar surface area (TPSA) is 9.23 Å². The van der Waals surface area contributed by atoms with E-state index in [0.29, 0.717) is 11.5 Å². The van der Waals surface area contributed by atoms with Gasteiger partial charge < -0.3 is 4.74 Å². The molecule has 2 rings (SSSR count). The second-order valence-corrected chi connectivity index (χ2v) is 4.08. The molecule has 0 aliphatic rings. The molecule has 0 aliphatic carbocycles. The van der Waals surface area contributed by atoms with Crippen LogP contribution < -0.4 is 4.74 Å². The van der Waals surface area contributed by atoms with Gasteiger partial charge in [0.05, 0.1) is 5.02 Å². The van der Waals surface area contributed by atoms with Crippen molar-refractivity contribution >= 4 is 11.6 Å². The zero-order chi connectivity index (χ0) is 12.3. The van der Waals surface area contributed by atoms with Crippen LogP contribution in [0.2, 0.25) is 5.02 Å². The van der Waals surface area contributed by atoms with E-state index in [2.05, 4.69) is 6.92 Å². The minimum Gasteiger partial charge on any atom is -0.457 e. The zero-order valence-corrected chi connectivity index (χ0v) is 10.2. The summed E-state index contributed by atoms with van der Waals surface area (Å²) < 4.78 is 18.7. The molecule has 2 aromatic carbocycles. The van der Waals surface area contributed by atoms with Gasteiger partial charge in [0.25, 0.3) is 0 Å². The fraction of sp³-hybridized carbons (Fsp3) is 0.143. The summed E-state index contributed by atoms with van der Waals surface area (Å²) >= 11 is 5.59. The highest BCUT2D eigenvalue weighted by molar-refractivity contribution is 6.30. The fourth-order valence-electron chi connectivity index (χ4n) is 1.47. The van der Waals surface area contributed by atoms with E-state index < -0.39 is 5.82 Å². The summed E-state index contributed by atoms with van der Waals surface area (Å²) in [5, 5.41) is 0.0960. The molecule has 0 saturated carbocycles. The molecule has 88 valence electrons. The van der Waals surface area contributed by atoms with Gasteiger partial charge in [0, 0.05) is 6.07 Å². The normalized spacial score (nSPS) is 10.3. The van der Waals surface area contributed by atoms with Crippen LogP contribution in [0.5, 0.6) is 11.5 Å². The molecule has 0 saturated heterocycles. The average molecular weight is 251 g/mol. The Kier molecular flexibility index (Phi) is 3.64. The minimum atomic E-state index is -0.477. The largest absolute Gasteiger partial charge is 0.457 e. The number of ether oxygens (including phenoxy) is 1. The van der Waals surface area contributed by atoms with Crippen LogP contribution in [-0.2, 0) is 6.42 Å². The van der Waals surface area contributed by atoms with E-state index in [9.17, 15) is 4.39 Å². The van der Waals surface area contributed by atoms with Gasteiger partial charge in [-0.3, -0.25) is 0 Å². The molecule has 0 spiro atoms. The first-order chi connectivity index (χ1) is 8.19. The van der Waals surface area contributed by atoms with Gasteiger partial charge in [0.1, 0.15) is 17.3 Å². The van der Waals surface area contributed by atoms with Crippen LogP contribution in [0.15, 0.2) is 42.5 Å². The average Bonchev–Trinajstić information content (AvgIpc) is 2.35. The fourth-order valence-corrected chi connectivity index (χ4v) is 1.59. The molecule has 0 atom stereocenters. The highest BCUT2D eigenvalue weighted by Crippen LogP contribution is 2.25. The Labute approximate surface area is 105 Å². The van der Waals surface area contributed by atoms with Gasteiger partial charge in [0.15, 0.2) is 0 Å². The molecule has 0 fully saturated rings. The molecular formula is C14H12ClFO. The molecule has 2 aromatic rings. The van der Waals surface area contributed by atoms with Gasteiger partial charge in [-0.25, -0.2) is 4.39 Å². The Morgan fingerprint density at radius 1 is 1.06 bits per heavy atom. The van der Waals surface area contributed by atoms with Crippen LogP contribution >= 0.6 is 11.6 Å². The monoisotopic (exact) mass is 250 g/mol. The Bertz CT molecular complexity index is 508. The van der Waals surface area contributed by atoms with Gasteiger partial charge >= 0.3 is 0 Å². The standard InChI is InChI=1S/C14H12ClFO/c1-2-10-3-5-11(6-4-10)17-12-7-8-13(15)14(16)9-12/h3-9H,2H2,1H3. The highest BCUT2D eigenvalue weighted by atomic mass is 35.5. The predicted molar refractivity (Wildman–Crippen MR) is 67.3 cm³/mol. The number of benzene rings is 2. The molecule has 0 N–H and O–H groups in total. The summed E-state index contributed by atoms with van der Waals surface area (Å²) in [7, 11) is 0. The molecule has 0 unspecified atom stereocenters. The molecule has 0 radical (unpaired) electrons. The Morgan fingerprint density at radius 3 is 2.29 bits per heavy atom. The molecule has 3 heteroatoms. The number of hydrogen-bond donors (Lipinski definition) is 0. The summed E-state index contributed by atoms with van der Waals surface area (Å²) in [6.07, 6.45) is 0.982. The number of rotatable bonds is 3. The van der Waals surface area contributed by atoms with Crippen molar-refractivity contribution in [2.75, 3.05) is 0 Å². The van der Waals surface area contributed by atoms with Crippen molar-refractivity contribution in [3.8, 4) is 11.5 Å². The van der Waals surface area contributed by atoms with Gasteiger partial charge in [-0.15, -0.1) is 0 Å². The van der Waals surface area contributed by atoms with Crippen LogP contribution in [0.1, 0.15) is 12.5 Å². The lowest BCUT2D eigenvalue weighted by molar-refractivity contribution is 0.476. The van der Waals surface area contributed by atoms with Crippen LogP contribution in [0.25, 0.3) is 0 Å². The lowest BCUT2D eigenvalue weighted by atomic mass is 10.2. The van der Waals surface area contributed by atoms with Crippen molar-refractivity contribution in [3.05, 3.63) is 58.9 Å². The van der Waals surface area contributed by atoms with Crippen molar-refractivity contribution in [1.82, 2.24) is 0 Å². The van der Waals surface area contributed by atoms with E-state index >= 15 is 0 Å². The highest BCUT2D eigenvalue weighted by Gasteiger charge is 2.03. The molecule has 0 aliphatic heterocycles. The second-order valence-electron chi connectivity index (χ2n) is 3.68. The van der Waals surface area contributed by atoms with Crippen molar-refractivity contribution in [3.63, 3.8) is 0 Å². The van der Waals surface area contributed by atoms with E-state index in [-0.39, 0.29) is 5.02 Å². The summed E-state index contributed by atoms with van der Waals surface area (Å²) in [6.45, 7) is 2.09. The first-order valence-electron chi connectivity index (χ1n) is 5.41. The summed E-state index contributed by atoms with van der Waals surface area (Å²) in [4.78, 5) is 0. The van der Waals surface area contributed by atoms with Gasteiger partial charge in [-0.1, -0.05) is 30.7 Å². The lowest BCUT2D eigenvalue weighted by Gasteiger charge is -2.06. The number of hydrogen-bond acceptors (Lipinski definition) is 1. The van der Waals surface area contributed by atoms with Gasteiger partial charge in [0.2, 0.25) is 0 Å². The first kappa shape index (κ1) is 11.9. The van der Waals surface area contributed by atoms with Crippen molar-refractivity contribution < 1.29 is 9.13 Å². The number of aryl methyl sites for hydroxylation is 1. The Hall–Kier alpha value is -1.54. The molecule has 0 bridgehead atoms. The SMILES string of the molecule is CCc1ccc(Oc2ccc(Cl)c(F)c2)cc1. The van der Waals surface area contributed by atoms with Gasteiger partial charge in [-0.2, -0.15) is 0 Å². The minimum absolute atomic E-state index is 0.0960. The van der Waals surface area contributed by atoms with E-state index in [1.807, 2.05) is 24.3 Å². The third kappa shape index (κ3) is 2.98. The van der Waals surface area contributed by atoms with Crippen molar-refractivity contribution in [1.29, 1.82) is 0 Å². The van der Waals surface area contributed by atoms with Crippen LogP contribution in [0.4, 0.5) is 4.39 Å². The molecular weight excluding hydrogens is 239 g/mol. The molecule has 0 heterocycles. The first-order valence-corrected chi connectivity index (χ1v) is 5.78. The summed E-state index contributed by atoms with van der Waals surface area (Å²) in [6, 6.07) is 12.1. The lowest BCUT2D eigenvalue weighted by Crippen LogP contribution is -1.86. The number of halogens is 2. The van der Waals surface area contributed by atoms with E-state index in [1.54, 1.807) is 6.07 Å². The van der Waals surface area contributed by atoms with Gasteiger partial charge in [-0.05, 0) is 36.2 Å². The van der Waals surface area contributed by atoms with Crippen LogP contribution in [0, 0.1) is 5.82 Å². The van der Waals surface area contributed by atoms with E-state index in [0.717, 1.165) is 6.42 Å². The Balaban J connectivity index is 2.16. The van der Waals surface area contributed by atoms with Crippen LogP contribution in [-0.4, -0.2) is 0 Å². The maximum Gasteiger partial charge on any atom is 0.145 e. The molecule has 0 aromatic heterocycles. The second kappa shape index (κ2) is 5.19. The molecule has 1 nitrogen and oxygen atoms in total. The maximum atomic E-state index is 13.2. The third-order valence-corrected chi connectivity index (χ3v) is 2.76. The van der Waals surface area contributed by atoms with Crippen molar-refractivity contribution in [2.45, 2.75) is 13.3 Å². The zero-order valence-electron chi connectivity index (χ0n) is 9.41. The summed E-state index contributed by atoms with van der Waals surface area (Å²) in [5.74, 6) is 0.648. The third-order valence-electron chi connectivity index (χ3n) is 2.46. The smallest absolute Gasteiger partial charge is 0.145 e. The van der Waals surface area contributed by atoms with Crippen LogP contribution in [0.3, 0.4) is 0 Å². The van der Waals surface area contributed by atoms with Crippen molar-refractivity contribution in [2.24, 2.45) is 0 Å².